The monoisotopic (exact) mass is 272 g/mol. The average Bonchev–Trinajstić information content (AvgIpc) is 2.73. The van der Waals surface area contributed by atoms with Gasteiger partial charge in [-0.3, -0.25) is 4.79 Å². The van der Waals surface area contributed by atoms with Gasteiger partial charge >= 0.3 is 5.97 Å². The van der Waals surface area contributed by atoms with Gasteiger partial charge in [-0.15, -0.1) is 0 Å². The molecule has 0 aliphatic heterocycles. The molecule has 0 unspecified atom stereocenters. The third-order valence-electron chi connectivity index (χ3n) is 3.31. The van der Waals surface area contributed by atoms with Crippen molar-refractivity contribution in [2.24, 2.45) is 0 Å². The number of amides is 1. The number of aryl methyl sites for hydroxylation is 3. The zero-order chi connectivity index (χ0) is 14.9. The van der Waals surface area contributed by atoms with Crippen LogP contribution in [0.25, 0.3) is 0 Å². The van der Waals surface area contributed by atoms with Crippen LogP contribution in [0.15, 0.2) is 24.4 Å². The molecule has 2 rings (SSSR count). The molecular formula is C15H16N2O3. The first kappa shape index (κ1) is 13.9. The Labute approximate surface area is 116 Å². The van der Waals surface area contributed by atoms with Gasteiger partial charge in [0.05, 0.1) is 5.69 Å². The van der Waals surface area contributed by atoms with Crippen LogP contribution in [-0.2, 0) is 0 Å². The summed E-state index contributed by atoms with van der Waals surface area (Å²) < 4.78 is 0. The molecule has 0 saturated carbocycles. The fourth-order valence-electron chi connectivity index (χ4n) is 1.98. The van der Waals surface area contributed by atoms with Crippen molar-refractivity contribution in [1.82, 2.24) is 4.98 Å². The van der Waals surface area contributed by atoms with Gasteiger partial charge in [0.1, 0.15) is 5.56 Å². The minimum absolute atomic E-state index is 0.0854. The Morgan fingerprint density at radius 2 is 1.85 bits per heavy atom. The number of carboxylic acid groups (broad SMARTS) is 1. The summed E-state index contributed by atoms with van der Waals surface area (Å²) >= 11 is 0. The summed E-state index contributed by atoms with van der Waals surface area (Å²) in [6.45, 7) is 5.54. The van der Waals surface area contributed by atoms with E-state index >= 15 is 0 Å². The van der Waals surface area contributed by atoms with E-state index in [2.05, 4.69) is 10.3 Å². The Bertz CT molecular complexity index is 686. The lowest BCUT2D eigenvalue weighted by molar-refractivity contribution is 0.0697. The molecule has 0 fully saturated rings. The Hall–Kier alpha value is -2.56. The molecule has 3 N–H and O–H groups in total. The van der Waals surface area contributed by atoms with Gasteiger partial charge in [-0.25, -0.2) is 4.79 Å². The second kappa shape index (κ2) is 5.21. The Kier molecular flexibility index (Phi) is 3.61. The van der Waals surface area contributed by atoms with E-state index in [1.54, 1.807) is 19.1 Å². The maximum absolute atomic E-state index is 12.1. The van der Waals surface area contributed by atoms with Gasteiger partial charge in [-0.2, -0.15) is 0 Å². The summed E-state index contributed by atoms with van der Waals surface area (Å²) in [4.78, 5) is 26.1. The highest BCUT2D eigenvalue weighted by molar-refractivity contribution is 6.08. The number of carbonyl (C=O) groups is 2. The largest absolute Gasteiger partial charge is 0.478 e. The van der Waals surface area contributed by atoms with Gasteiger partial charge in [0.25, 0.3) is 5.91 Å². The van der Waals surface area contributed by atoms with Crippen LogP contribution in [0, 0.1) is 20.8 Å². The van der Waals surface area contributed by atoms with Crippen LogP contribution >= 0.6 is 0 Å². The summed E-state index contributed by atoms with van der Waals surface area (Å²) in [5.74, 6) is -1.39. The van der Waals surface area contributed by atoms with Crippen LogP contribution < -0.4 is 5.32 Å². The number of H-pyrrole nitrogens is 1. The lowest BCUT2D eigenvalue weighted by Crippen LogP contribution is -2.14. The maximum Gasteiger partial charge on any atom is 0.339 e. The van der Waals surface area contributed by atoms with E-state index in [1.807, 2.05) is 19.9 Å². The van der Waals surface area contributed by atoms with Crippen LogP contribution in [0.2, 0.25) is 0 Å². The highest BCUT2D eigenvalue weighted by Crippen LogP contribution is 2.20. The van der Waals surface area contributed by atoms with Crippen molar-refractivity contribution in [3.63, 3.8) is 0 Å². The number of aromatic amines is 1. The van der Waals surface area contributed by atoms with E-state index in [1.165, 1.54) is 6.20 Å². The Balaban J connectivity index is 2.28. The van der Waals surface area contributed by atoms with Gasteiger partial charge in [-0.05, 0) is 44.0 Å². The van der Waals surface area contributed by atoms with Crippen molar-refractivity contribution in [2.45, 2.75) is 20.8 Å². The lowest BCUT2D eigenvalue weighted by atomic mass is 10.1. The van der Waals surface area contributed by atoms with Crippen molar-refractivity contribution >= 4 is 17.6 Å². The molecule has 0 saturated heterocycles. The number of rotatable bonds is 3. The summed E-state index contributed by atoms with van der Waals surface area (Å²) in [7, 11) is 0. The fraction of sp³-hybridized carbons (Fsp3) is 0.200. The van der Waals surface area contributed by atoms with Crippen molar-refractivity contribution in [3.05, 3.63) is 52.3 Å². The minimum atomic E-state index is -1.07. The number of nitrogens with one attached hydrogen (secondary N) is 2. The average molecular weight is 272 g/mol. The summed E-state index contributed by atoms with van der Waals surface area (Å²) in [6, 6.07) is 5.37. The van der Waals surface area contributed by atoms with Crippen LogP contribution in [0.5, 0.6) is 0 Å². The predicted octanol–water partition coefficient (Wildman–Crippen LogP) is 2.89. The number of carboxylic acids is 1. The molecule has 0 aliphatic carbocycles. The first-order chi connectivity index (χ1) is 9.40. The SMILES string of the molecule is Cc1ccc(C(=O)Nc2c[nH]c(C)c2C(=O)O)cc1C. The predicted molar refractivity (Wildman–Crippen MR) is 76.4 cm³/mol. The Morgan fingerprint density at radius 3 is 2.45 bits per heavy atom. The van der Waals surface area contributed by atoms with E-state index in [0.717, 1.165) is 11.1 Å². The topological polar surface area (TPSA) is 82.2 Å². The van der Waals surface area contributed by atoms with Crippen molar-refractivity contribution in [1.29, 1.82) is 0 Å². The first-order valence-electron chi connectivity index (χ1n) is 6.20. The molecule has 0 aliphatic rings. The molecule has 20 heavy (non-hydrogen) atoms. The molecule has 5 nitrogen and oxygen atoms in total. The molecule has 1 heterocycles. The van der Waals surface area contributed by atoms with Gasteiger partial charge in [0, 0.05) is 17.5 Å². The van der Waals surface area contributed by atoms with E-state index in [4.69, 9.17) is 5.11 Å². The molecule has 104 valence electrons. The van der Waals surface area contributed by atoms with Gasteiger partial charge < -0.3 is 15.4 Å². The maximum atomic E-state index is 12.1. The van der Waals surface area contributed by atoms with Crippen molar-refractivity contribution < 1.29 is 14.7 Å². The highest BCUT2D eigenvalue weighted by Gasteiger charge is 2.17. The number of benzene rings is 1. The van der Waals surface area contributed by atoms with Crippen LogP contribution in [0.3, 0.4) is 0 Å². The number of carbonyl (C=O) groups excluding carboxylic acids is 1. The van der Waals surface area contributed by atoms with Gasteiger partial charge in [0.15, 0.2) is 0 Å². The zero-order valence-electron chi connectivity index (χ0n) is 11.6. The van der Waals surface area contributed by atoms with Crippen LogP contribution in [0.4, 0.5) is 5.69 Å². The summed E-state index contributed by atoms with van der Waals surface area (Å²) in [5.41, 5.74) is 3.49. The van der Waals surface area contributed by atoms with Crippen LogP contribution in [-0.4, -0.2) is 22.0 Å². The highest BCUT2D eigenvalue weighted by atomic mass is 16.4. The summed E-state index contributed by atoms with van der Waals surface area (Å²) in [5, 5.41) is 11.8. The molecule has 0 atom stereocenters. The smallest absolute Gasteiger partial charge is 0.339 e. The Morgan fingerprint density at radius 1 is 1.15 bits per heavy atom. The van der Waals surface area contributed by atoms with E-state index in [0.29, 0.717) is 11.3 Å². The molecule has 5 heteroatoms. The van der Waals surface area contributed by atoms with E-state index in [-0.39, 0.29) is 17.2 Å². The minimum Gasteiger partial charge on any atom is -0.478 e. The standard InChI is InChI=1S/C15H16N2O3/c1-8-4-5-11(6-9(8)2)14(18)17-12-7-16-10(3)13(12)15(19)20/h4-7,16H,1-3H3,(H,17,18)(H,19,20). The number of aromatic carboxylic acids is 1. The first-order valence-corrected chi connectivity index (χ1v) is 6.20. The van der Waals surface area contributed by atoms with E-state index < -0.39 is 5.97 Å². The molecule has 0 bridgehead atoms. The van der Waals surface area contributed by atoms with Gasteiger partial charge in [-0.1, -0.05) is 6.07 Å². The zero-order valence-corrected chi connectivity index (χ0v) is 11.6. The number of hydrogen-bond donors (Lipinski definition) is 3. The quantitative estimate of drug-likeness (QED) is 0.803. The number of aromatic nitrogens is 1. The molecule has 1 amide bonds. The van der Waals surface area contributed by atoms with E-state index in [9.17, 15) is 9.59 Å². The molecule has 0 spiro atoms. The molecule has 1 aromatic carbocycles. The van der Waals surface area contributed by atoms with Crippen LogP contribution in [0.1, 0.15) is 37.5 Å². The third-order valence-corrected chi connectivity index (χ3v) is 3.31. The molecule has 2 aromatic rings. The fourth-order valence-corrected chi connectivity index (χ4v) is 1.98. The summed E-state index contributed by atoms with van der Waals surface area (Å²) in [6.07, 6.45) is 1.48. The molecule has 0 radical (unpaired) electrons. The second-order valence-electron chi connectivity index (χ2n) is 4.76. The normalized spacial score (nSPS) is 10.3. The van der Waals surface area contributed by atoms with Crippen molar-refractivity contribution in [2.75, 3.05) is 5.32 Å². The van der Waals surface area contributed by atoms with Crippen molar-refractivity contribution in [3.8, 4) is 0 Å². The third kappa shape index (κ3) is 2.56. The number of anilines is 1. The molecular weight excluding hydrogens is 256 g/mol. The lowest BCUT2D eigenvalue weighted by Gasteiger charge is -2.07. The number of hydrogen-bond acceptors (Lipinski definition) is 2. The molecule has 1 aromatic heterocycles. The van der Waals surface area contributed by atoms with Gasteiger partial charge in [0.2, 0.25) is 0 Å². The second-order valence-corrected chi connectivity index (χ2v) is 4.76.